The standard InChI is InChI=1S/C22H20FNO2/c1-16(18-11-13-19(23)14-12-18)24-22(25)20-9-5-6-10-21(20)26-15-17-7-3-2-4-8-17/h2-14,16H,15H2,1H3,(H,24,25)/t16-/m0/s1. The van der Waals surface area contributed by atoms with Crippen LogP contribution < -0.4 is 10.1 Å². The third kappa shape index (κ3) is 4.48. The molecule has 0 aliphatic carbocycles. The highest BCUT2D eigenvalue weighted by atomic mass is 19.1. The lowest BCUT2D eigenvalue weighted by Gasteiger charge is -2.16. The number of nitrogens with one attached hydrogen (secondary N) is 1. The minimum atomic E-state index is -0.299. The number of hydrogen-bond donors (Lipinski definition) is 1. The van der Waals surface area contributed by atoms with E-state index in [1.54, 1.807) is 30.3 Å². The van der Waals surface area contributed by atoms with Crippen LogP contribution in [-0.4, -0.2) is 5.91 Å². The van der Waals surface area contributed by atoms with Crippen LogP contribution in [0.4, 0.5) is 4.39 Å². The summed E-state index contributed by atoms with van der Waals surface area (Å²) in [6.07, 6.45) is 0. The number of halogens is 1. The Morgan fingerprint density at radius 1 is 0.962 bits per heavy atom. The molecule has 3 rings (SSSR count). The smallest absolute Gasteiger partial charge is 0.255 e. The molecule has 1 atom stereocenters. The minimum absolute atomic E-state index is 0.231. The van der Waals surface area contributed by atoms with Crippen LogP contribution in [-0.2, 0) is 6.61 Å². The first-order chi connectivity index (χ1) is 12.6. The normalized spacial score (nSPS) is 11.6. The third-order valence-electron chi connectivity index (χ3n) is 4.09. The van der Waals surface area contributed by atoms with Gasteiger partial charge in [-0.1, -0.05) is 54.6 Å². The van der Waals surface area contributed by atoms with Gasteiger partial charge < -0.3 is 10.1 Å². The predicted octanol–water partition coefficient (Wildman–Crippen LogP) is 4.90. The van der Waals surface area contributed by atoms with Crippen molar-refractivity contribution < 1.29 is 13.9 Å². The molecule has 26 heavy (non-hydrogen) atoms. The highest BCUT2D eigenvalue weighted by Crippen LogP contribution is 2.21. The van der Waals surface area contributed by atoms with E-state index in [1.165, 1.54) is 12.1 Å². The monoisotopic (exact) mass is 349 g/mol. The van der Waals surface area contributed by atoms with Gasteiger partial charge in [-0.15, -0.1) is 0 Å². The van der Waals surface area contributed by atoms with Crippen molar-refractivity contribution in [2.45, 2.75) is 19.6 Å². The van der Waals surface area contributed by atoms with E-state index in [0.717, 1.165) is 11.1 Å². The molecule has 0 saturated carbocycles. The van der Waals surface area contributed by atoms with Gasteiger partial charge in [0.05, 0.1) is 11.6 Å². The van der Waals surface area contributed by atoms with Gasteiger partial charge in [-0.05, 0) is 42.3 Å². The second kappa shape index (κ2) is 8.30. The van der Waals surface area contributed by atoms with E-state index in [9.17, 15) is 9.18 Å². The summed E-state index contributed by atoms with van der Waals surface area (Å²) in [7, 11) is 0. The van der Waals surface area contributed by atoms with Crippen molar-refractivity contribution in [2.24, 2.45) is 0 Å². The third-order valence-corrected chi connectivity index (χ3v) is 4.09. The molecule has 0 aliphatic heterocycles. The molecule has 132 valence electrons. The van der Waals surface area contributed by atoms with Crippen LogP contribution >= 0.6 is 0 Å². The van der Waals surface area contributed by atoms with E-state index in [0.29, 0.717) is 17.9 Å². The van der Waals surface area contributed by atoms with Crippen molar-refractivity contribution in [3.8, 4) is 5.75 Å². The van der Waals surface area contributed by atoms with Gasteiger partial charge in [-0.3, -0.25) is 4.79 Å². The van der Waals surface area contributed by atoms with Crippen LogP contribution in [0, 0.1) is 5.82 Å². The number of benzene rings is 3. The van der Waals surface area contributed by atoms with Gasteiger partial charge in [0.15, 0.2) is 0 Å². The Balaban J connectivity index is 1.70. The molecule has 0 radical (unpaired) electrons. The highest BCUT2D eigenvalue weighted by molar-refractivity contribution is 5.97. The number of hydrogen-bond acceptors (Lipinski definition) is 2. The maximum absolute atomic E-state index is 13.1. The first kappa shape index (κ1) is 17.7. The van der Waals surface area contributed by atoms with Crippen molar-refractivity contribution in [1.82, 2.24) is 5.32 Å². The summed E-state index contributed by atoms with van der Waals surface area (Å²) in [5.74, 6) is -0.00224. The second-order valence-corrected chi connectivity index (χ2v) is 6.02. The SMILES string of the molecule is C[C@H](NC(=O)c1ccccc1OCc1ccccc1)c1ccc(F)cc1. The number of carbonyl (C=O) groups is 1. The summed E-state index contributed by atoms with van der Waals surface area (Å²) in [6.45, 7) is 2.25. The molecule has 0 saturated heterocycles. The molecular weight excluding hydrogens is 329 g/mol. The summed E-state index contributed by atoms with van der Waals surface area (Å²) >= 11 is 0. The topological polar surface area (TPSA) is 38.3 Å². The van der Waals surface area contributed by atoms with Gasteiger partial charge in [0.25, 0.3) is 5.91 Å². The fourth-order valence-corrected chi connectivity index (χ4v) is 2.62. The molecule has 3 nitrogen and oxygen atoms in total. The van der Waals surface area contributed by atoms with Gasteiger partial charge in [0.1, 0.15) is 18.2 Å². The van der Waals surface area contributed by atoms with E-state index in [1.807, 2.05) is 43.3 Å². The number of carbonyl (C=O) groups excluding carboxylic acids is 1. The molecule has 0 fully saturated rings. The summed E-state index contributed by atoms with van der Waals surface area (Å²) in [4.78, 5) is 12.7. The van der Waals surface area contributed by atoms with Crippen molar-refractivity contribution in [3.63, 3.8) is 0 Å². The average Bonchev–Trinajstić information content (AvgIpc) is 2.68. The first-order valence-corrected chi connectivity index (χ1v) is 8.45. The quantitative estimate of drug-likeness (QED) is 0.688. The fraction of sp³-hybridized carbons (Fsp3) is 0.136. The van der Waals surface area contributed by atoms with Crippen LogP contribution in [0.3, 0.4) is 0 Å². The van der Waals surface area contributed by atoms with Gasteiger partial charge in [0, 0.05) is 0 Å². The first-order valence-electron chi connectivity index (χ1n) is 8.45. The summed E-state index contributed by atoms with van der Waals surface area (Å²) in [5.41, 5.74) is 2.34. The van der Waals surface area contributed by atoms with E-state index >= 15 is 0 Å². The average molecular weight is 349 g/mol. The zero-order valence-corrected chi connectivity index (χ0v) is 14.5. The number of ether oxygens (including phenoxy) is 1. The van der Waals surface area contributed by atoms with Crippen LogP contribution in [0.1, 0.15) is 34.5 Å². The zero-order chi connectivity index (χ0) is 18.4. The molecule has 0 heterocycles. The molecule has 0 bridgehead atoms. The Morgan fingerprint density at radius 3 is 2.35 bits per heavy atom. The maximum Gasteiger partial charge on any atom is 0.255 e. The summed E-state index contributed by atoms with van der Waals surface area (Å²) in [6, 6.07) is 22.8. The lowest BCUT2D eigenvalue weighted by Crippen LogP contribution is -2.27. The van der Waals surface area contributed by atoms with Crippen molar-refractivity contribution in [3.05, 3.63) is 101 Å². The molecule has 4 heteroatoms. The summed E-state index contributed by atoms with van der Waals surface area (Å²) < 4.78 is 18.9. The summed E-state index contributed by atoms with van der Waals surface area (Å²) in [5, 5.41) is 2.93. The lowest BCUT2D eigenvalue weighted by molar-refractivity contribution is 0.0935. The highest BCUT2D eigenvalue weighted by Gasteiger charge is 2.15. The minimum Gasteiger partial charge on any atom is -0.488 e. The van der Waals surface area contributed by atoms with E-state index in [2.05, 4.69) is 5.32 Å². The Morgan fingerprint density at radius 2 is 1.62 bits per heavy atom. The molecule has 0 unspecified atom stereocenters. The number of amides is 1. The Kier molecular flexibility index (Phi) is 5.64. The number of rotatable bonds is 6. The van der Waals surface area contributed by atoms with E-state index in [4.69, 9.17) is 4.74 Å². The molecule has 1 amide bonds. The molecule has 0 spiro atoms. The lowest BCUT2D eigenvalue weighted by atomic mass is 10.1. The van der Waals surface area contributed by atoms with Crippen LogP contribution in [0.2, 0.25) is 0 Å². The molecule has 3 aromatic carbocycles. The van der Waals surface area contributed by atoms with Crippen LogP contribution in [0.25, 0.3) is 0 Å². The van der Waals surface area contributed by atoms with Gasteiger partial charge in [-0.25, -0.2) is 4.39 Å². The van der Waals surface area contributed by atoms with E-state index in [-0.39, 0.29) is 17.8 Å². The van der Waals surface area contributed by atoms with Crippen molar-refractivity contribution in [1.29, 1.82) is 0 Å². The predicted molar refractivity (Wildman–Crippen MR) is 99.5 cm³/mol. The van der Waals surface area contributed by atoms with E-state index < -0.39 is 0 Å². The van der Waals surface area contributed by atoms with Crippen molar-refractivity contribution >= 4 is 5.91 Å². The van der Waals surface area contributed by atoms with Gasteiger partial charge >= 0.3 is 0 Å². The fourth-order valence-electron chi connectivity index (χ4n) is 2.62. The van der Waals surface area contributed by atoms with Gasteiger partial charge in [-0.2, -0.15) is 0 Å². The van der Waals surface area contributed by atoms with Crippen molar-refractivity contribution in [2.75, 3.05) is 0 Å². The molecule has 1 N–H and O–H groups in total. The molecule has 3 aromatic rings. The largest absolute Gasteiger partial charge is 0.488 e. The Labute approximate surface area is 152 Å². The molecule has 0 aliphatic rings. The van der Waals surface area contributed by atoms with Gasteiger partial charge in [0.2, 0.25) is 0 Å². The molecular formula is C22H20FNO2. The maximum atomic E-state index is 13.1. The van der Waals surface area contributed by atoms with Crippen LogP contribution in [0.15, 0.2) is 78.9 Å². The Bertz CT molecular complexity index is 863. The second-order valence-electron chi connectivity index (χ2n) is 6.02. The van der Waals surface area contributed by atoms with Crippen LogP contribution in [0.5, 0.6) is 5.75 Å². The zero-order valence-electron chi connectivity index (χ0n) is 14.5. The molecule has 0 aromatic heterocycles. The number of para-hydroxylation sites is 1. The Hall–Kier alpha value is -3.14.